The summed E-state index contributed by atoms with van der Waals surface area (Å²) in [6, 6.07) is 11.4. The summed E-state index contributed by atoms with van der Waals surface area (Å²) in [4.78, 5) is 5.17. The van der Waals surface area contributed by atoms with Crippen LogP contribution in [0.25, 0.3) is 5.57 Å². The Kier molecular flexibility index (Phi) is 5.28. The average molecular weight is 398 g/mol. The number of pyridine rings is 1. The minimum Gasteiger partial charge on any atom is -0.481 e. The molecule has 148 valence electrons. The van der Waals surface area contributed by atoms with Crippen molar-refractivity contribution in [2.45, 2.75) is 49.3 Å². The SMILES string of the molecule is COc1nc(/C(=C\C2CCCC2)c2ccc(S(C)(=O)=O)cc2)ccc1C1CC1. The Morgan fingerprint density at radius 2 is 1.71 bits per heavy atom. The van der Waals surface area contributed by atoms with Gasteiger partial charge in [-0.05, 0) is 61.3 Å². The molecule has 0 amide bonds. The van der Waals surface area contributed by atoms with Crippen molar-refractivity contribution in [2.75, 3.05) is 13.4 Å². The second-order valence-electron chi connectivity index (χ2n) is 7.99. The second-order valence-corrected chi connectivity index (χ2v) is 10.0. The van der Waals surface area contributed by atoms with Crippen LogP contribution < -0.4 is 4.74 Å². The minimum atomic E-state index is -3.21. The van der Waals surface area contributed by atoms with Gasteiger partial charge in [-0.3, -0.25) is 0 Å². The zero-order chi connectivity index (χ0) is 19.7. The monoisotopic (exact) mass is 397 g/mol. The summed E-state index contributed by atoms with van der Waals surface area (Å²) < 4.78 is 29.2. The third-order valence-electron chi connectivity index (χ3n) is 5.77. The summed E-state index contributed by atoms with van der Waals surface area (Å²) in [5.41, 5.74) is 4.14. The summed E-state index contributed by atoms with van der Waals surface area (Å²) in [6.45, 7) is 0. The molecule has 28 heavy (non-hydrogen) atoms. The highest BCUT2D eigenvalue weighted by Gasteiger charge is 2.28. The van der Waals surface area contributed by atoms with Gasteiger partial charge in [-0.25, -0.2) is 13.4 Å². The largest absolute Gasteiger partial charge is 0.481 e. The van der Waals surface area contributed by atoms with Gasteiger partial charge in [0.1, 0.15) is 0 Å². The highest BCUT2D eigenvalue weighted by molar-refractivity contribution is 7.90. The summed E-state index contributed by atoms with van der Waals surface area (Å²) in [5.74, 6) is 1.83. The van der Waals surface area contributed by atoms with Crippen molar-refractivity contribution in [1.82, 2.24) is 4.98 Å². The lowest BCUT2D eigenvalue weighted by atomic mass is 9.95. The summed E-state index contributed by atoms with van der Waals surface area (Å²) in [5, 5.41) is 0. The predicted molar refractivity (Wildman–Crippen MR) is 111 cm³/mol. The molecule has 0 atom stereocenters. The van der Waals surface area contributed by atoms with E-state index >= 15 is 0 Å². The van der Waals surface area contributed by atoms with Crippen LogP contribution in [0, 0.1) is 5.92 Å². The normalized spacial score (nSPS) is 18.4. The zero-order valence-electron chi connectivity index (χ0n) is 16.5. The van der Waals surface area contributed by atoms with Crippen LogP contribution in [0.1, 0.15) is 61.3 Å². The van der Waals surface area contributed by atoms with E-state index in [1.807, 2.05) is 12.1 Å². The van der Waals surface area contributed by atoms with E-state index in [4.69, 9.17) is 9.72 Å². The molecule has 1 heterocycles. The topological polar surface area (TPSA) is 56.3 Å². The van der Waals surface area contributed by atoms with Gasteiger partial charge in [0.2, 0.25) is 5.88 Å². The fourth-order valence-corrected chi connectivity index (χ4v) is 4.67. The lowest BCUT2D eigenvalue weighted by molar-refractivity contribution is 0.392. The van der Waals surface area contributed by atoms with E-state index in [0.29, 0.717) is 22.6 Å². The summed E-state index contributed by atoms with van der Waals surface area (Å²) in [7, 11) is -1.53. The van der Waals surface area contributed by atoms with E-state index in [-0.39, 0.29) is 0 Å². The van der Waals surface area contributed by atoms with Crippen LogP contribution in [0.15, 0.2) is 47.4 Å². The highest BCUT2D eigenvalue weighted by Crippen LogP contribution is 2.44. The first-order valence-electron chi connectivity index (χ1n) is 10.0. The minimum absolute atomic E-state index is 0.339. The van der Waals surface area contributed by atoms with Gasteiger partial charge in [-0.2, -0.15) is 0 Å². The Morgan fingerprint density at radius 1 is 1.04 bits per heavy atom. The number of methoxy groups -OCH3 is 1. The molecule has 0 N–H and O–H groups in total. The Hall–Kier alpha value is -2.14. The van der Waals surface area contributed by atoms with Gasteiger partial charge in [-0.15, -0.1) is 0 Å². The molecular formula is C23H27NO3S. The third-order valence-corrected chi connectivity index (χ3v) is 6.90. The first-order chi connectivity index (χ1) is 13.5. The molecule has 1 aromatic carbocycles. The lowest BCUT2D eigenvalue weighted by Gasteiger charge is -2.14. The fourth-order valence-electron chi connectivity index (χ4n) is 4.04. The van der Waals surface area contributed by atoms with Gasteiger partial charge >= 0.3 is 0 Å². The number of allylic oxidation sites excluding steroid dienone is 1. The molecule has 0 aliphatic heterocycles. The van der Waals surface area contributed by atoms with E-state index in [9.17, 15) is 8.42 Å². The molecule has 4 nitrogen and oxygen atoms in total. The lowest BCUT2D eigenvalue weighted by Crippen LogP contribution is -2.01. The maximum atomic E-state index is 11.8. The molecule has 5 heteroatoms. The molecule has 2 aromatic rings. The smallest absolute Gasteiger partial charge is 0.217 e. The van der Waals surface area contributed by atoms with Gasteiger partial charge in [-0.1, -0.05) is 37.1 Å². The van der Waals surface area contributed by atoms with Crippen molar-refractivity contribution < 1.29 is 13.2 Å². The number of aromatic nitrogens is 1. The van der Waals surface area contributed by atoms with Crippen LogP contribution in [0.4, 0.5) is 0 Å². The number of rotatable bonds is 6. The Balaban J connectivity index is 1.76. The molecule has 2 saturated carbocycles. The van der Waals surface area contributed by atoms with Crippen molar-refractivity contribution in [3.8, 4) is 5.88 Å². The molecule has 0 unspecified atom stereocenters. The molecule has 0 spiro atoms. The highest BCUT2D eigenvalue weighted by atomic mass is 32.2. The number of hydrogen-bond donors (Lipinski definition) is 0. The maximum absolute atomic E-state index is 11.8. The van der Waals surface area contributed by atoms with E-state index < -0.39 is 9.84 Å². The van der Waals surface area contributed by atoms with Crippen LogP contribution >= 0.6 is 0 Å². The van der Waals surface area contributed by atoms with Crippen LogP contribution in [0.2, 0.25) is 0 Å². The fraction of sp³-hybridized carbons (Fsp3) is 0.435. The zero-order valence-corrected chi connectivity index (χ0v) is 17.3. The van der Waals surface area contributed by atoms with Crippen LogP contribution in [0.3, 0.4) is 0 Å². The first-order valence-corrected chi connectivity index (χ1v) is 11.9. The molecule has 2 aliphatic rings. The van der Waals surface area contributed by atoms with Gasteiger partial charge in [0.05, 0.1) is 17.7 Å². The average Bonchev–Trinajstić information content (AvgIpc) is 3.41. The van der Waals surface area contributed by atoms with Gasteiger partial charge in [0, 0.05) is 17.4 Å². The molecule has 2 fully saturated rings. The molecule has 4 rings (SSSR count). The molecule has 0 radical (unpaired) electrons. The maximum Gasteiger partial charge on any atom is 0.217 e. The molecule has 1 aromatic heterocycles. The van der Waals surface area contributed by atoms with E-state index in [2.05, 4.69) is 18.2 Å². The first kappa shape index (κ1) is 19.2. The third kappa shape index (κ3) is 4.14. The van der Waals surface area contributed by atoms with Crippen molar-refractivity contribution in [3.63, 3.8) is 0 Å². The number of sulfone groups is 1. The Morgan fingerprint density at radius 3 is 2.29 bits per heavy atom. The number of benzene rings is 1. The summed E-state index contributed by atoms with van der Waals surface area (Å²) >= 11 is 0. The second kappa shape index (κ2) is 7.70. The molecule has 0 saturated heterocycles. The van der Waals surface area contributed by atoms with E-state index in [0.717, 1.165) is 16.8 Å². The number of ether oxygens (including phenoxy) is 1. The van der Waals surface area contributed by atoms with Crippen LogP contribution in [-0.2, 0) is 9.84 Å². The van der Waals surface area contributed by atoms with Gasteiger partial charge in [0.25, 0.3) is 0 Å². The number of nitrogens with zero attached hydrogens (tertiary/aromatic N) is 1. The Labute approximate surface area is 167 Å². The molecular weight excluding hydrogens is 370 g/mol. The van der Waals surface area contributed by atoms with Crippen LogP contribution in [-0.4, -0.2) is 26.8 Å². The Bertz CT molecular complexity index is 983. The summed E-state index contributed by atoms with van der Waals surface area (Å²) in [6.07, 6.45) is 10.9. The van der Waals surface area contributed by atoms with E-state index in [1.54, 1.807) is 19.2 Å². The van der Waals surface area contributed by atoms with Crippen molar-refractivity contribution in [2.24, 2.45) is 5.92 Å². The van der Waals surface area contributed by atoms with Gasteiger partial charge in [0.15, 0.2) is 9.84 Å². The molecule has 2 aliphatic carbocycles. The standard InChI is InChI=1S/C23H27NO3S/c1-27-23-20(17-7-8-17)13-14-22(24-23)21(15-16-5-3-4-6-16)18-9-11-19(12-10-18)28(2,25)26/h9-17H,3-8H2,1-2H3/b21-15-. The van der Waals surface area contributed by atoms with Crippen LogP contribution in [0.5, 0.6) is 5.88 Å². The van der Waals surface area contributed by atoms with Crippen molar-refractivity contribution >= 4 is 15.4 Å². The van der Waals surface area contributed by atoms with Gasteiger partial charge < -0.3 is 4.74 Å². The van der Waals surface area contributed by atoms with Crippen molar-refractivity contribution in [1.29, 1.82) is 0 Å². The van der Waals surface area contributed by atoms with E-state index in [1.165, 1.54) is 50.3 Å². The predicted octanol–water partition coefficient (Wildman–Crippen LogP) is 4.99. The quantitative estimate of drug-likeness (QED) is 0.689. The molecule has 0 bridgehead atoms. The van der Waals surface area contributed by atoms with Crippen molar-refractivity contribution in [3.05, 3.63) is 59.3 Å². The number of hydrogen-bond acceptors (Lipinski definition) is 4.